The number of carbonyl (C=O) groups excluding carboxylic acids is 2. The minimum absolute atomic E-state index is 0.103. The first-order valence-electron chi connectivity index (χ1n) is 8.63. The zero-order valence-corrected chi connectivity index (χ0v) is 15.8. The van der Waals surface area contributed by atoms with Crippen LogP contribution in [0, 0.1) is 0 Å². The van der Waals surface area contributed by atoms with E-state index in [1.165, 1.54) is 26.4 Å². The summed E-state index contributed by atoms with van der Waals surface area (Å²) >= 11 is 0. The largest absolute Gasteiger partial charge is 0.493 e. The van der Waals surface area contributed by atoms with Crippen LogP contribution in [0.15, 0.2) is 35.9 Å². The van der Waals surface area contributed by atoms with Gasteiger partial charge in [-0.2, -0.15) is 0 Å². The second-order valence-corrected chi connectivity index (χ2v) is 6.29. The number of rotatable bonds is 5. The van der Waals surface area contributed by atoms with Gasteiger partial charge in [-0.15, -0.1) is 0 Å². The predicted molar refractivity (Wildman–Crippen MR) is 100 cm³/mol. The molecule has 0 heterocycles. The van der Waals surface area contributed by atoms with Crippen molar-refractivity contribution in [2.45, 2.75) is 18.8 Å². The van der Waals surface area contributed by atoms with Gasteiger partial charge in [0.1, 0.15) is 0 Å². The van der Waals surface area contributed by atoms with Crippen molar-refractivity contribution in [2.75, 3.05) is 27.9 Å². The van der Waals surface area contributed by atoms with E-state index in [0.29, 0.717) is 29.2 Å². The monoisotopic (exact) mass is 370 g/mol. The number of fused-ring (bicyclic) bond motifs is 2. The van der Waals surface area contributed by atoms with E-state index in [0.717, 1.165) is 11.1 Å². The normalized spacial score (nSPS) is 16.6. The van der Waals surface area contributed by atoms with Crippen LogP contribution in [0.25, 0.3) is 6.08 Å². The second kappa shape index (κ2) is 7.31. The van der Waals surface area contributed by atoms with Crippen LogP contribution >= 0.6 is 0 Å². The van der Waals surface area contributed by atoms with E-state index < -0.39 is 5.41 Å². The summed E-state index contributed by atoms with van der Waals surface area (Å²) in [5, 5.41) is 0. The molecule has 6 heteroatoms. The number of ether oxygens (including phenoxy) is 4. The molecule has 1 aromatic rings. The van der Waals surface area contributed by atoms with Crippen LogP contribution in [0.2, 0.25) is 0 Å². The Hall–Kier alpha value is -3.02. The lowest BCUT2D eigenvalue weighted by Crippen LogP contribution is -2.31. The molecule has 0 bridgehead atoms. The predicted octanol–water partition coefficient (Wildman–Crippen LogP) is 3.00. The summed E-state index contributed by atoms with van der Waals surface area (Å²) < 4.78 is 21.8. The van der Waals surface area contributed by atoms with Crippen LogP contribution in [0.4, 0.5) is 0 Å². The molecule has 0 amide bonds. The van der Waals surface area contributed by atoms with Crippen LogP contribution in [0.5, 0.6) is 17.2 Å². The summed E-state index contributed by atoms with van der Waals surface area (Å²) in [7, 11) is 4.63. The van der Waals surface area contributed by atoms with Gasteiger partial charge < -0.3 is 18.9 Å². The molecule has 6 nitrogen and oxygen atoms in total. The van der Waals surface area contributed by atoms with Gasteiger partial charge in [0.2, 0.25) is 5.75 Å². The maximum absolute atomic E-state index is 12.4. The van der Waals surface area contributed by atoms with E-state index in [2.05, 4.69) is 0 Å². The van der Waals surface area contributed by atoms with Crippen LogP contribution in [0.3, 0.4) is 0 Å². The molecule has 2 aliphatic carbocycles. The molecular weight excluding hydrogens is 348 g/mol. The van der Waals surface area contributed by atoms with Crippen molar-refractivity contribution >= 4 is 17.8 Å². The smallest absolute Gasteiger partial charge is 0.334 e. The number of allylic oxidation sites excluding steroid dienone is 4. The van der Waals surface area contributed by atoms with Gasteiger partial charge in [-0.1, -0.05) is 12.2 Å². The lowest BCUT2D eigenvalue weighted by molar-refractivity contribution is -0.138. The molecule has 0 atom stereocenters. The summed E-state index contributed by atoms with van der Waals surface area (Å²) in [6.07, 6.45) is 8.75. The summed E-state index contributed by atoms with van der Waals surface area (Å²) in [5.74, 6) is 0.979. The number of benzene rings is 1. The Morgan fingerprint density at radius 2 is 1.74 bits per heavy atom. The third-order valence-electron chi connectivity index (χ3n) is 4.77. The van der Waals surface area contributed by atoms with Crippen LogP contribution in [-0.2, 0) is 19.7 Å². The van der Waals surface area contributed by atoms with Gasteiger partial charge in [0, 0.05) is 16.6 Å². The topological polar surface area (TPSA) is 71.1 Å². The van der Waals surface area contributed by atoms with Crippen LogP contribution < -0.4 is 14.2 Å². The van der Waals surface area contributed by atoms with Gasteiger partial charge in [-0.25, -0.2) is 4.79 Å². The highest BCUT2D eigenvalue weighted by molar-refractivity contribution is 6.02. The molecule has 0 aliphatic heterocycles. The van der Waals surface area contributed by atoms with Gasteiger partial charge in [0.05, 0.1) is 27.9 Å². The number of hydrogen-bond donors (Lipinski definition) is 0. The van der Waals surface area contributed by atoms with Crippen LogP contribution in [0.1, 0.15) is 24.5 Å². The van der Waals surface area contributed by atoms with Crippen molar-refractivity contribution in [1.82, 2.24) is 0 Å². The molecule has 0 saturated carbocycles. The van der Waals surface area contributed by atoms with Gasteiger partial charge in [-0.3, -0.25) is 4.79 Å². The van der Waals surface area contributed by atoms with Crippen LogP contribution in [-0.4, -0.2) is 39.7 Å². The minimum atomic E-state index is -0.717. The van der Waals surface area contributed by atoms with E-state index in [1.807, 2.05) is 0 Å². The van der Waals surface area contributed by atoms with Crippen molar-refractivity contribution in [3.05, 3.63) is 47.1 Å². The Morgan fingerprint density at radius 1 is 1.07 bits per heavy atom. The molecule has 0 fully saturated rings. The molecule has 0 unspecified atom stereocenters. The standard InChI is InChI=1S/C21H22O6/c1-5-27-20(23)14-10-13-11-16(24-2)18(25-3)19(26-4)17(13)21(12-14)8-6-15(22)7-9-21/h6-11H,5,12H2,1-4H3. The summed E-state index contributed by atoms with van der Waals surface area (Å²) in [6.45, 7) is 2.05. The third kappa shape index (κ3) is 3.12. The Kier molecular flexibility index (Phi) is 5.08. The summed E-state index contributed by atoms with van der Waals surface area (Å²) in [4.78, 5) is 24.2. The maximum atomic E-state index is 12.4. The van der Waals surface area contributed by atoms with E-state index in [-0.39, 0.29) is 18.4 Å². The Balaban J connectivity index is 2.31. The molecule has 0 N–H and O–H groups in total. The molecule has 3 rings (SSSR count). The zero-order chi connectivity index (χ0) is 19.6. The molecule has 1 aromatic carbocycles. The molecule has 27 heavy (non-hydrogen) atoms. The SMILES string of the molecule is CCOC(=O)C1=Cc2cc(OC)c(OC)c(OC)c2C2(C=CC(=O)C=C2)C1. The quantitative estimate of drug-likeness (QED) is 0.742. The first-order valence-corrected chi connectivity index (χ1v) is 8.63. The average molecular weight is 370 g/mol. The number of ketones is 1. The molecule has 0 radical (unpaired) electrons. The zero-order valence-electron chi connectivity index (χ0n) is 15.8. The van der Waals surface area contributed by atoms with Crippen molar-refractivity contribution in [3.63, 3.8) is 0 Å². The number of esters is 1. The van der Waals surface area contributed by atoms with Gasteiger partial charge in [0.25, 0.3) is 0 Å². The first kappa shape index (κ1) is 18.8. The van der Waals surface area contributed by atoms with Gasteiger partial charge >= 0.3 is 5.97 Å². The van der Waals surface area contributed by atoms with Gasteiger partial charge in [-0.05, 0) is 43.2 Å². The molecule has 1 spiro atoms. The maximum Gasteiger partial charge on any atom is 0.334 e. The highest BCUT2D eigenvalue weighted by Gasteiger charge is 2.41. The lowest BCUT2D eigenvalue weighted by Gasteiger charge is -2.36. The first-order chi connectivity index (χ1) is 13.0. The molecular formula is C21H22O6. The van der Waals surface area contributed by atoms with Crippen molar-refractivity contribution in [1.29, 1.82) is 0 Å². The molecule has 2 aliphatic rings. The third-order valence-corrected chi connectivity index (χ3v) is 4.77. The fourth-order valence-corrected chi connectivity index (χ4v) is 3.62. The second-order valence-electron chi connectivity index (χ2n) is 6.29. The average Bonchev–Trinajstić information content (AvgIpc) is 2.68. The summed E-state index contributed by atoms with van der Waals surface area (Å²) in [6, 6.07) is 1.80. The van der Waals surface area contributed by atoms with Crippen molar-refractivity contribution < 1.29 is 28.5 Å². The fraction of sp³-hybridized carbons (Fsp3) is 0.333. The van der Waals surface area contributed by atoms with Crippen molar-refractivity contribution in [2.24, 2.45) is 0 Å². The Bertz CT molecular complexity index is 859. The molecule has 0 saturated heterocycles. The van der Waals surface area contributed by atoms with E-state index in [9.17, 15) is 9.59 Å². The fourth-order valence-electron chi connectivity index (χ4n) is 3.62. The molecule has 0 aromatic heterocycles. The van der Waals surface area contributed by atoms with Gasteiger partial charge in [0.15, 0.2) is 17.3 Å². The number of hydrogen-bond acceptors (Lipinski definition) is 6. The highest BCUT2D eigenvalue weighted by atomic mass is 16.5. The van der Waals surface area contributed by atoms with E-state index in [1.54, 1.807) is 38.3 Å². The minimum Gasteiger partial charge on any atom is -0.493 e. The highest BCUT2D eigenvalue weighted by Crippen LogP contribution is 2.53. The summed E-state index contributed by atoms with van der Waals surface area (Å²) in [5.41, 5.74) is 1.37. The molecule has 142 valence electrons. The number of carbonyl (C=O) groups is 2. The van der Waals surface area contributed by atoms with E-state index >= 15 is 0 Å². The van der Waals surface area contributed by atoms with Crippen molar-refractivity contribution in [3.8, 4) is 17.2 Å². The Morgan fingerprint density at radius 3 is 2.30 bits per heavy atom. The number of methoxy groups -OCH3 is 3. The Labute approximate surface area is 158 Å². The lowest BCUT2D eigenvalue weighted by atomic mass is 9.67. The van der Waals surface area contributed by atoms with E-state index in [4.69, 9.17) is 18.9 Å².